The summed E-state index contributed by atoms with van der Waals surface area (Å²) in [6.45, 7) is 0. The number of rotatable bonds is 3. The Hall–Kier alpha value is -2.23. The molecule has 1 N–H and O–H groups in total. The summed E-state index contributed by atoms with van der Waals surface area (Å²) in [5.74, 6) is -0.170. The molecule has 1 heterocycles. The van der Waals surface area contributed by atoms with Crippen molar-refractivity contribution in [3.63, 3.8) is 0 Å². The van der Waals surface area contributed by atoms with Crippen molar-refractivity contribution in [2.75, 3.05) is 24.3 Å². The number of hydrogen-bond acceptors (Lipinski definition) is 3. The van der Waals surface area contributed by atoms with E-state index >= 15 is 0 Å². The van der Waals surface area contributed by atoms with Crippen LogP contribution in [0, 0.1) is 0 Å². The standard InChI is InChI=1S/C13H14N2O2/c1-15(2)12-5-3-11(4-6-12)14-13(16)10-7-8-17-9-10/h3-9H,1-2H3,(H,14,16). The van der Waals surface area contributed by atoms with Gasteiger partial charge in [0.1, 0.15) is 6.26 Å². The highest BCUT2D eigenvalue weighted by molar-refractivity contribution is 6.04. The van der Waals surface area contributed by atoms with E-state index in [1.165, 1.54) is 12.5 Å². The lowest BCUT2D eigenvalue weighted by Crippen LogP contribution is -2.11. The number of anilines is 2. The summed E-state index contributed by atoms with van der Waals surface area (Å²) in [6, 6.07) is 9.26. The molecule has 0 unspecified atom stereocenters. The highest BCUT2D eigenvalue weighted by atomic mass is 16.3. The number of nitrogens with zero attached hydrogens (tertiary/aromatic N) is 1. The minimum Gasteiger partial charge on any atom is -0.472 e. The van der Waals surface area contributed by atoms with E-state index < -0.39 is 0 Å². The highest BCUT2D eigenvalue weighted by Crippen LogP contribution is 2.16. The number of benzene rings is 1. The molecule has 1 aromatic heterocycles. The Bertz CT molecular complexity index is 487. The van der Waals surface area contributed by atoms with Gasteiger partial charge >= 0.3 is 0 Å². The summed E-state index contributed by atoms with van der Waals surface area (Å²) in [4.78, 5) is 13.7. The van der Waals surface area contributed by atoms with E-state index in [0.717, 1.165) is 11.4 Å². The van der Waals surface area contributed by atoms with Crippen molar-refractivity contribution in [3.8, 4) is 0 Å². The fraction of sp³-hybridized carbons (Fsp3) is 0.154. The largest absolute Gasteiger partial charge is 0.472 e. The van der Waals surface area contributed by atoms with E-state index in [0.29, 0.717) is 5.56 Å². The lowest BCUT2D eigenvalue weighted by atomic mass is 10.2. The van der Waals surface area contributed by atoms with Crippen LogP contribution in [0.3, 0.4) is 0 Å². The molecule has 0 saturated carbocycles. The molecule has 0 fully saturated rings. The Labute approximate surface area is 99.8 Å². The van der Waals surface area contributed by atoms with Gasteiger partial charge in [-0.25, -0.2) is 0 Å². The van der Waals surface area contributed by atoms with Gasteiger partial charge in [-0.2, -0.15) is 0 Å². The van der Waals surface area contributed by atoms with Gasteiger partial charge in [0.15, 0.2) is 0 Å². The Morgan fingerprint density at radius 1 is 1.18 bits per heavy atom. The quantitative estimate of drug-likeness (QED) is 0.881. The summed E-state index contributed by atoms with van der Waals surface area (Å²) < 4.78 is 4.86. The van der Waals surface area contributed by atoms with E-state index in [1.807, 2.05) is 43.3 Å². The van der Waals surface area contributed by atoms with Crippen LogP contribution in [-0.2, 0) is 0 Å². The monoisotopic (exact) mass is 230 g/mol. The van der Waals surface area contributed by atoms with E-state index in [1.54, 1.807) is 6.07 Å². The Kier molecular flexibility index (Phi) is 3.14. The highest BCUT2D eigenvalue weighted by Gasteiger charge is 2.06. The summed E-state index contributed by atoms with van der Waals surface area (Å²) >= 11 is 0. The maximum absolute atomic E-state index is 11.7. The third-order valence-corrected chi connectivity index (χ3v) is 2.42. The van der Waals surface area contributed by atoms with Crippen LogP contribution in [-0.4, -0.2) is 20.0 Å². The molecule has 2 rings (SSSR count). The summed E-state index contributed by atoms with van der Waals surface area (Å²) in [5.41, 5.74) is 2.37. The predicted molar refractivity (Wildman–Crippen MR) is 67.4 cm³/mol. The smallest absolute Gasteiger partial charge is 0.258 e. The third kappa shape index (κ3) is 2.66. The minimum atomic E-state index is -0.170. The van der Waals surface area contributed by atoms with Gasteiger partial charge in [0, 0.05) is 25.5 Å². The normalized spacial score (nSPS) is 10.0. The molecule has 17 heavy (non-hydrogen) atoms. The molecule has 0 bridgehead atoms. The van der Waals surface area contributed by atoms with E-state index in [4.69, 9.17) is 4.42 Å². The minimum absolute atomic E-state index is 0.170. The maximum atomic E-state index is 11.7. The molecule has 0 radical (unpaired) electrons. The van der Waals surface area contributed by atoms with E-state index in [9.17, 15) is 4.79 Å². The van der Waals surface area contributed by atoms with E-state index in [2.05, 4.69) is 5.32 Å². The number of nitrogens with one attached hydrogen (secondary N) is 1. The molecule has 0 saturated heterocycles. The van der Waals surface area contributed by atoms with Gasteiger partial charge in [-0.1, -0.05) is 0 Å². The predicted octanol–water partition coefficient (Wildman–Crippen LogP) is 2.60. The number of furan rings is 1. The molecule has 1 aromatic carbocycles. The zero-order chi connectivity index (χ0) is 12.3. The van der Waals surface area contributed by atoms with Crippen LogP contribution in [0.25, 0.3) is 0 Å². The number of amides is 1. The molecule has 2 aromatic rings. The molecule has 4 heteroatoms. The molecular weight excluding hydrogens is 216 g/mol. The fourth-order valence-electron chi connectivity index (χ4n) is 1.44. The maximum Gasteiger partial charge on any atom is 0.258 e. The first-order valence-electron chi connectivity index (χ1n) is 5.28. The number of hydrogen-bond donors (Lipinski definition) is 1. The number of carbonyl (C=O) groups excluding carboxylic acids is 1. The van der Waals surface area contributed by atoms with Gasteiger partial charge < -0.3 is 14.6 Å². The van der Waals surface area contributed by atoms with Gasteiger partial charge in [-0.05, 0) is 30.3 Å². The SMILES string of the molecule is CN(C)c1ccc(NC(=O)c2ccoc2)cc1. The van der Waals surface area contributed by atoms with Gasteiger partial charge in [0.2, 0.25) is 0 Å². The van der Waals surface area contributed by atoms with Gasteiger partial charge in [-0.3, -0.25) is 4.79 Å². The summed E-state index contributed by atoms with van der Waals surface area (Å²) in [7, 11) is 3.94. The Balaban J connectivity index is 2.07. The molecular formula is C13H14N2O2. The molecule has 0 spiro atoms. The van der Waals surface area contributed by atoms with Crippen LogP contribution in [0.4, 0.5) is 11.4 Å². The first kappa shape index (κ1) is 11.3. The Morgan fingerprint density at radius 2 is 1.88 bits per heavy atom. The van der Waals surface area contributed by atoms with Crippen LogP contribution in [0.1, 0.15) is 10.4 Å². The average molecular weight is 230 g/mol. The first-order valence-corrected chi connectivity index (χ1v) is 5.28. The van der Waals surface area contributed by atoms with Crippen molar-refractivity contribution >= 4 is 17.3 Å². The van der Waals surface area contributed by atoms with Crippen molar-refractivity contribution in [1.29, 1.82) is 0 Å². The van der Waals surface area contributed by atoms with Crippen LogP contribution in [0.15, 0.2) is 47.3 Å². The second kappa shape index (κ2) is 4.74. The van der Waals surface area contributed by atoms with Crippen LogP contribution >= 0.6 is 0 Å². The van der Waals surface area contributed by atoms with Gasteiger partial charge in [-0.15, -0.1) is 0 Å². The Morgan fingerprint density at radius 3 is 2.41 bits per heavy atom. The molecule has 0 aliphatic rings. The number of carbonyl (C=O) groups is 1. The van der Waals surface area contributed by atoms with Crippen molar-refractivity contribution in [2.45, 2.75) is 0 Å². The van der Waals surface area contributed by atoms with Crippen molar-refractivity contribution < 1.29 is 9.21 Å². The van der Waals surface area contributed by atoms with Gasteiger partial charge in [0.05, 0.1) is 11.8 Å². The van der Waals surface area contributed by atoms with Crippen LogP contribution < -0.4 is 10.2 Å². The first-order chi connectivity index (χ1) is 8.16. The van der Waals surface area contributed by atoms with E-state index in [-0.39, 0.29) is 5.91 Å². The molecule has 0 aliphatic carbocycles. The van der Waals surface area contributed by atoms with Crippen molar-refractivity contribution in [3.05, 3.63) is 48.4 Å². The summed E-state index contributed by atoms with van der Waals surface area (Å²) in [6.07, 6.45) is 2.90. The summed E-state index contributed by atoms with van der Waals surface area (Å²) in [5, 5.41) is 2.79. The average Bonchev–Trinajstić information content (AvgIpc) is 2.83. The molecule has 88 valence electrons. The lowest BCUT2D eigenvalue weighted by Gasteiger charge is -2.12. The fourth-order valence-corrected chi connectivity index (χ4v) is 1.44. The lowest BCUT2D eigenvalue weighted by molar-refractivity contribution is 0.102. The molecule has 1 amide bonds. The van der Waals surface area contributed by atoms with Crippen LogP contribution in [0.2, 0.25) is 0 Å². The second-order valence-corrected chi connectivity index (χ2v) is 3.91. The van der Waals surface area contributed by atoms with Crippen LogP contribution in [0.5, 0.6) is 0 Å². The zero-order valence-corrected chi connectivity index (χ0v) is 9.81. The second-order valence-electron chi connectivity index (χ2n) is 3.91. The zero-order valence-electron chi connectivity index (χ0n) is 9.81. The topological polar surface area (TPSA) is 45.5 Å². The third-order valence-electron chi connectivity index (χ3n) is 2.42. The van der Waals surface area contributed by atoms with Gasteiger partial charge in [0.25, 0.3) is 5.91 Å². The van der Waals surface area contributed by atoms with Crippen molar-refractivity contribution in [1.82, 2.24) is 0 Å². The van der Waals surface area contributed by atoms with Crippen molar-refractivity contribution in [2.24, 2.45) is 0 Å². The molecule has 0 atom stereocenters. The molecule has 4 nitrogen and oxygen atoms in total. The molecule has 0 aliphatic heterocycles.